The molecule has 2 heteroatoms. The summed E-state index contributed by atoms with van der Waals surface area (Å²) < 4.78 is 4.24. The van der Waals surface area contributed by atoms with Gasteiger partial charge in [-0.25, -0.2) is 0 Å². The lowest BCUT2D eigenvalue weighted by atomic mass is 10.4. The zero-order valence-electron chi connectivity index (χ0n) is 2.60. The summed E-state index contributed by atoms with van der Waals surface area (Å²) in [6.07, 6.45) is 1.49. The SMILES string of the molecule is O=C1[CH]CO1. The second-order valence-corrected chi connectivity index (χ2v) is 0.834. The number of rotatable bonds is 0. The fourth-order valence-electron chi connectivity index (χ4n) is 0.151. The van der Waals surface area contributed by atoms with Gasteiger partial charge in [-0.3, -0.25) is 4.79 Å². The highest BCUT2D eigenvalue weighted by atomic mass is 16.6. The lowest BCUT2D eigenvalue weighted by Crippen LogP contribution is -2.19. The van der Waals surface area contributed by atoms with E-state index in [-0.39, 0.29) is 5.97 Å². The lowest BCUT2D eigenvalue weighted by Gasteiger charge is -2.08. The number of esters is 1. The van der Waals surface area contributed by atoms with Crippen LogP contribution in [-0.4, -0.2) is 12.6 Å². The van der Waals surface area contributed by atoms with Gasteiger partial charge in [-0.15, -0.1) is 0 Å². The Morgan fingerprint density at radius 2 is 2.40 bits per heavy atom. The summed E-state index contributed by atoms with van der Waals surface area (Å²) in [6, 6.07) is 0. The molecule has 0 aliphatic carbocycles. The largest absolute Gasteiger partial charge is 0.464 e. The Balaban J connectivity index is 2.32. The molecule has 1 rings (SSSR count). The predicted octanol–water partition coefficient (Wildman–Crippen LogP) is -0.253. The third-order valence-corrected chi connectivity index (χ3v) is 0.476. The maximum atomic E-state index is 9.62. The van der Waals surface area contributed by atoms with E-state index in [1.807, 2.05) is 0 Å². The normalized spacial score (nSPS) is 20.4. The third kappa shape index (κ3) is 0.251. The fraction of sp³-hybridized carbons (Fsp3) is 0.333. The zero-order valence-corrected chi connectivity index (χ0v) is 2.60. The standard InChI is InChI=1S/C3H3O2/c4-3-1-2-5-3/h1H,2H2. The number of hydrogen-bond acceptors (Lipinski definition) is 2. The number of hydrogen-bond donors (Lipinski definition) is 0. The number of cyclic esters (lactones) is 1. The van der Waals surface area contributed by atoms with E-state index in [1.165, 1.54) is 6.42 Å². The molecule has 1 saturated heterocycles. The quantitative estimate of drug-likeness (QED) is 0.368. The van der Waals surface area contributed by atoms with Crippen LogP contribution < -0.4 is 0 Å². The van der Waals surface area contributed by atoms with Crippen LogP contribution in [0.5, 0.6) is 0 Å². The van der Waals surface area contributed by atoms with Gasteiger partial charge in [-0.2, -0.15) is 0 Å². The van der Waals surface area contributed by atoms with Gasteiger partial charge < -0.3 is 4.74 Å². The molecule has 0 amide bonds. The maximum absolute atomic E-state index is 9.62. The first-order valence-electron chi connectivity index (χ1n) is 1.39. The molecular weight excluding hydrogens is 68.0 g/mol. The van der Waals surface area contributed by atoms with E-state index in [1.54, 1.807) is 0 Å². The molecule has 0 aromatic heterocycles. The van der Waals surface area contributed by atoms with E-state index >= 15 is 0 Å². The monoisotopic (exact) mass is 71.0 g/mol. The van der Waals surface area contributed by atoms with Crippen molar-refractivity contribution in [3.63, 3.8) is 0 Å². The molecule has 1 radical (unpaired) electrons. The van der Waals surface area contributed by atoms with Crippen molar-refractivity contribution in [2.45, 2.75) is 0 Å². The summed E-state index contributed by atoms with van der Waals surface area (Å²) in [7, 11) is 0. The molecule has 0 saturated carbocycles. The van der Waals surface area contributed by atoms with Crippen molar-refractivity contribution in [3.05, 3.63) is 6.42 Å². The van der Waals surface area contributed by atoms with Crippen LogP contribution in [0.25, 0.3) is 0 Å². The van der Waals surface area contributed by atoms with Gasteiger partial charge in [-0.05, 0) is 0 Å². The highest BCUT2D eigenvalue weighted by molar-refractivity contribution is 5.83. The van der Waals surface area contributed by atoms with Gasteiger partial charge >= 0.3 is 5.97 Å². The molecule has 1 aliphatic rings. The molecular formula is C3H3O2. The van der Waals surface area contributed by atoms with E-state index in [0.717, 1.165) is 0 Å². The average molecular weight is 71.1 g/mol. The van der Waals surface area contributed by atoms with Gasteiger partial charge in [0.05, 0.1) is 0 Å². The molecule has 5 heavy (non-hydrogen) atoms. The Bertz CT molecular complexity index is 51.9. The lowest BCUT2D eigenvalue weighted by molar-refractivity contribution is -0.148. The molecule has 1 fully saturated rings. The minimum atomic E-state index is -0.190. The van der Waals surface area contributed by atoms with Gasteiger partial charge in [0, 0.05) is 0 Å². The summed E-state index contributed by atoms with van der Waals surface area (Å²) in [6.45, 7) is 0.513. The van der Waals surface area contributed by atoms with Crippen molar-refractivity contribution in [1.29, 1.82) is 0 Å². The summed E-state index contributed by atoms with van der Waals surface area (Å²) in [5.41, 5.74) is 0. The number of carbonyl (C=O) groups is 1. The molecule has 27 valence electrons. The summed E-state index contributed by atoms with van der Waals surface area (Å²) in [5, 5.41) is 0. The van der Waals surface area contributed by atoms with Gasteiger partial charge in [0.25, 0.3) is 0 Å². The van der Waals surface area contributed by atoms with E-state index < -0.39 is 0 Å². The van der Waals surface area contributed by atoms with Gasteiger partial charge in [-0.1, -0.05) is 0 Å². The second kappa shape index (κ2) is 0.708. The first kappa shape index (κ1) is 2.69. The van der Waals surface area contributed by atoms with Gasteiger partial charge in [0.2, 0.25) is 0 Å². The van der Waals surface area contributed by atoms with Crippen LogP contribution >= 0.6 is 0 Å². The molecule has 0 aromatic rings. The third-order valence-electron chi connectivity index (χ3n) is 0.476. The van der Waals surface area contributed by atoms with Crippen LogP contribution in [0, 0.1) is 6.42 Å². The van der Waals surface area contributed by atoms with E-state index in [4.69, 9.17) is 0 Å². The molecule has 0 N–H and O–H groups in total. The topological polar surface area (TPSA) is 26.3 Å². The highest BCUT2D eigenvalue weighted by Crippen LogP contribution is 1.95. The van der Waals surface area contributed by atoms with E-state index in [2.05, 4.69) is 4.74 Å². The van der Waals surface area contributed by atoms with Gasteiger partial charge in [0.15, 0.2) is 0 Å². The number of ether oxygens (including phenoxy) is 1. The van der Waals surface area contributed by atoms with Crippen molar-refractivity contribution in [2.75, 3.05) is 6.61 Å². The summed E-state index contributed by atoms with van der Waals surface area (Å²) >= 11 is 0. The van der Waals surface area contributed by atoms with Crippen molar-refractivity contribution in [1.82, 2.24) is 0 Å². The Morgan fingerprint density at radius 1 is 2.00 bits per heavy atom. The van der Waals surface area contributed by atoms with Crippen LogP contribution in [0.4, 0.5) is 0 Å². The minimum Gasteiger partial charge on any atom is -0.464 e. The average Bonchev–Trinajstić information content (AvgIpc) is 1.30. The Labute approximate surface area is 29.7 Å². The van der Waals surface area contributed by atoms with Crippen molar-refractivity contribution in [3.8, 4) is 0 Å². The fourth-order valence-corrected chi connectivity index (χ4v) is 0.151. The second-order valence-electron chi connectivity index (χ2n) is 0.834. The number of carbonyl (C=O) groups excluding carboxylic acids is 1. The Kier molecular flexibility index (Phi) is 0.381. The molecule has 0 spiro atoms. The van der Waals surface area contributed by atoms with E-state index in [9.17, 15) is 4.79 Å². The van der Waals surface area contributed by atoms with Crippen LogP contribution in [0.15, 0.2) is 0 Å². The van der Waals surface area contributed by atoms with Crippen LogP contribution in [-0.2, 0) is 9.53 Å². The molecule has 0 aromatic carbocycles. The Hall–Kier alpha value is -0.530. The highest BCUT2D eigenvalue weighted by Gasteiger charge is 2.11. The first-order chi connectivity index (χ1) is 2.39. The van der Waals surface area contributed by atoms with Crippen LogP contribution in [0.2, 0.25) is 0 Å². The van der Waals surface area contributed by atoms with Crippen molar-refractivity contribution in [2.24, 2.45) is 0 Å². The summed E-state index contributed by atoms with van der Waals surface area (Å²) in [4.78, 5) is 9.62. The molecule has 2 nitrogen and oxygen atoms in total. The van der Waals surface area contributed by atoms with Gasteiger partial charge in [0.1, 0.15) is 13.0 Å². The van der Waals surface area contributed by atoms with E-state index in [0.29, 0.717) is 6.61 Å². The minimum absolute atomic E-state index is 0.190. The first-order valence-corrected chi connectivity index (χ1v) is 1.39. The molecule has 0 unspecified atom stereocenters. The molecule has 1 heterocycles. The van der Waals surface area contributed by atoms with Crippen molar-refractivity contribution >= 4 is 5.97 Å². The van der Waals surface area contributed by atoms with Crippen LogP contribution in [0.1, 0.15) is 0 Å². The smallest absolute Gasteiger partial charge is 0.313 e. The summed E-state index contributed by atoms with van der Waals surface area (Å²) in [5.74, 6) is -0.190. The van der Waals surface area contributed by atoms with Crippen molar-refractivity contribution < 1.29 is 9.53 Å². The van der Waals surface area contributed by atoms with Crippen LogP contribution in [0.3, 0.4) is 0 Å². The zero-order chi connectivity index (χ0) is 3.70. The molecule has 1 aliphatic heterocycles. The predicted molar refractivity (Wildman–Crippen MR) is 15.3 cm³/mol. The Morgan fingerprint density at radius 3 is 2.40 bits per heavy atom. The molecule has 0 atom stereocenters. The maximum Gasteiger partial charge on any atom is 0.313 e. The molecule has 0 bridgehead atoms.